The minimum absolute atomic E-state index is 0.0193. The van der Waals surface area contributed by atoms with Crippen molar-refractivity contribution in [2.45, 2.75) is 50.7 Å². The topological polar surface area (TPSA) is 35.2 Å². The molecule has 0 saturated heterocycles. The summed E-state index contributed by atoms with van der Waals surface area (Å²) in [5.74, 6) is 1.78. The quantitative estimate of drug-likeness (QED) is 0.742. The Hall–Kier alpha value is -1.02. The van der Waals surface area contributed by atoms with Gasteiger partial charge in [-0.3, -0.25) is 0 Å². The lowest BCUT2D eigenvalue weighted by Crippen LogP contribution is -2.46. The zero-order valence-electron chi connectivity index (χ0n) is 10.5. The summed E-state index contributed by atoms with van der Waals surface area (Å²) in [4.78, 5) is 0. The van der Waals surface area contributed by atoms with Gasteiger partial charge in [0.15, 0.2) is 0 Å². The molecule has 0 bridgehead atoms. The van der Waals surface area contributed by atoms with Gasteiger partial charge in [-0.2, -0.15) is 0 Å². The molecule has 2 N–H and O–H groups in total. The van der Waals surface area contributed by atoms with Crippen molar-refractivity contribution in [3.05, 3.63) is 29.8 Å². The molecule has 1 heterocycles. The molecule has 3 unspecified atom stereocenters. The van der Waals surface area contributed by atoms with E-state index < -0.39 is 0 Å². The number of ether oxygens (including phenoxy) is 1. The first-order valence-electron chi connectivity index (χ1n) is 6.72. The van der Waals surface area contributed by atoms with Crippen LogP contribution in [0.2, 0.25) is 0 Å². The van der Waals surface area contributed by atoms with Gasteiger partial charge in [-0.25, -0.2) is 0 Å². The Morgan fingerprint density at radius 3 is 2.94 bits per heavy atom. The van der Waals surface area contributed by atoms with E-state index >= 15 is 0 Å². The Morgan fingerprint density at radius 1 is 1.29 bits per heavy atom. The second kappa shape index (κ2) is 4.02. The molecule has 0 radical (unpaired) electrons. The van der Waals surface area contributed by atoms with E-state index in [1.54, 1.807) is 0 Å². The van der Waals surface area contributed by atoms with Gasteiger partial charge >= 0.3 is 0 Å². The molecule has 0 aromatic heterocycles. The monoisotopic (exact) mass is 231 g/mol. The van der Waals surface area contributed by atoms with Crippen molar-refractivity contribution in [2.24, 2.45) is 11.7 Å². The maximum atomic E-state index is 6.32. The number of hydrogen-bond acceptors (Lipinski definition) is 2. The molecule has 1 fully saturated rings. The number of hydrogen-bond donors (Lipinski definition) is 1. The summed E-state index contributed by atoms with van der Waals surface area (Å²) in [5, 5.41) is 0. The molecule has 1 aromatic carbocycles. The minimum Gasteiger partial charge on any atom is -0.487 e. The van der Waals surface area contributed by atoms with E-state index in [4.69, 9.17) is 10.5 Å². The van der Waals surface area contributed by atoms with Crippen LogP contribution in [0.25, 0.3) is 0 Å². The van der Waals surface area contributed by atoms with Crippen molar-refractivity contribution in [3.63, 3.8) is 0 Å². The maximum Gasteiger partial charge on any atom is 0.124 e. The molecule has 3 rings (SSSR count). The predicted molar refractivity (Wildman–Crippen MR) is 69.0 cm³/mol. The third kappa shape index (κ3) is 1.95. The molecule has 92 valence electrons. The lowest BCUT2D eigenvalue weighted by atomic mass is 9.73. The second-order valence-electron chi connectivity index (χ2n) is 5.84. The van der Waals surface area contributed by atoms with Gasteiger partial charge in [-0.1, -0.05) is 31.5 Å². The number of benzene rings is 1. The van der Waals surface area contributed by atoms with Crippen LogP contribution >= 0.6 is 0 Å². The highest BCUT2D eigenvalue weighted by Gasteiger charge is 2.42. The van der Waals surface area contributed by atoms with E-state index in [9.17, 15) is 0 Å². The summed E-state index contributed by atoms with van der Waals surface area (Å²) in [6.07, 6.45) is 5.92. The van der Waals surface area contributed by atoms with Crippen LogP contribution in [0.5, 0.6) is 5.75 Å². The standard InChI is InChI=1S/C15H21NO/c1-11-5-4-8-15(9-11)10-13(16)12-6-2-3-7-14(12)17-15/h2-3,6-7,11,13H,4-5,8-10,16H2,1H3. The van der Waals surface area contributed by atoms with Gasteiger partial charge < -0.3 is 10.5 Å². The Bertz CT molecular complexity index is 417. The highest BCUT2D eigenvalue weighted by molar-refractivity contribution is 5.38. The molecule has 0 amide bonds. The molecule has 2 aliphatic rings. The average molecular weight is 231 g/mol. The lowest BCUT2D eigenvalue weighted by molar-refractivity contribution is -0.0139. The number of nitrogens with two attached hydrogens (primary N) is 1. The molecule has 2 nitrogen and oxygen atoms in total. The normalized spacial score (nSPS) is 36.4. The van der Waals surface area contributed by atoms with Crippen LogP contribution in [0, 0.1) is 5.92 Å². The molecule has 2 heteroatoms. The van der Waals surface area contributed by atoms with Crippen molar-refractivity contribution in [3.8, 4) is 5.75 Å². The Kier molecular flexibility index (Phi) is 2.62. The summed E-state index contributed by atoms with van der Waals surface area (Å²) in [7, 11) is 0. The summed E-state index contributed by atoms with van der Waals surface area (Å²) >= 11 is 0. The summed E-state index contributed by atoms with van der Waals surface area (Å²) in [5.41, 5.74) is 7.51. The van der Waals surface area contributed by atoms with Crippen LogP contribution in [0.3, 0.4) is 0 Å². The lowest BCUT2D eigenvalue weighted by Gasteiger charge is -2.45. The van der Waals surface area contributed by atoms with Crippen molar-refractivity contribution < 1.29 is 4.74 Å². The van der Waals surface area contributed by atoms with E-state index in [1.165, 1.54) is 24.8 Å². The molecule has 1 aliphatic heterocycles. The summed E-state index contributed by atoms with van der Waals surface area (Å²) in [6.45, 7) is 2.33. The van der Waals surface area contributed by atoms with Crippen LogP contribution in [-0.2, 0) is 0 Å². The molecular formula is C15H21NO. The van der Waals surface area contributed by atoms with Gasteiger partial charge in [0.05, 0.1) is 0 Å². The first-order chi connectivity index (χ1) is 8.19. The largest absolute Gasteiger partial charge is 0.487 e. The Balaban J connectivity index is 1.92. The second-order valence-corrected chi connectivity index (χ2v) is 5.84. The maximum absolute atomic E-state index is 6.32. The fourth-order valence-electron chi connectivity index (χ4n) is 3.56. The van der Waals surface area contributed by atoms with Crippen molar-refractivity contribution in [1.29, 1.82) is 0 Å². The highest BCUT2D eigenvalue weighted by atomic mass is 16.5. The van der Waals surface area contributed by atoms with Crippen molar-refractivity contribution >= 4 is 0 Å². The molecule has 1 saturated carbocycles. The van der Waals surface area contributed by atoms with E-state index in [-0.39, 0.29) is 11.6 Å². The predicted octanol–water partition coefficient (Wildman–Crippen LogP) is 3.42. The van der Waals surface area contributed by atoms with E-state index in [1.807, 2.05) is 12.1 Å². The van der Waals surface area contributed by atoms with Crippen LogP contribution < -0.4 is 10.5 Å². The van der Waals surface area contributed by atoms with Crippen LogP contribution in [0.1, 0.15) is 50.6 Å². The molecule has 1 aliphatic carbocycles. The third-order valence-corrected chi connectivity index (χ3v) is 4.29. The minimum atomic E-state index is 0.0193. The Morgan fingerprint density at radius 2 is 2.12 bits per heavy atom. The van der Waals surface area contributed by atoms with Crippen LogP contribution in [-0.4, -0.2) is 5.60 Å². The summed E-state index contributed by atoms with van der Waals surface area (Å²) in [6, 6.07) is 8.39. The van der Waals surface area contributed by atoms with Gasteiger partial charge in [0.2, 0.25) is 0 Å². The first kappa shape index (κ1) is 11.1. The fourth-order valence-corrected chi connectivity index (χ4v) is 3.56. The number of fused-ring (bicyclic) bond motifs is 1. The fraction of sp³-hybridized carbons (Fsp3) is 0.600. The van der Waals surface area contributed by atoms with Gasteiger partial charge in [0, 0.05) is 18.0 Å². The highest BCUT2D eigenvalue weighted by Crippen LogP contribution is 2.46. The van der Waals surface area contributed by atoms with Crippen molar-refractivity contribution in [2.75, 3.05) is 0 Å². The molecule has 17 heavy (non-hydrogen) atoms. The molecule has 3 atom stereocenters. The van der Waals surface area contributed by atoms with Gasteiger partial charge in [-0.15, -0.1) is 0 Å². The van der Waals surface area contributed by atoms with Gasteiger partial charge in [0.25, 0.3) is 0 Å². The molecule has 1 spiro atoms. The average Bonchev–Trinajstić information content (AvgIpc) is 2.28. The number of para-hydroxylation sites is 1. The van der Waals surface area contributed by atoms with Gasteiger partial charge in [-0.05, 0) is 31.2 Å². The SMILES string of the molecule is CC1CCCC2(C1)CC(N)c1ccccc1O2. The summed E-state index contributed by atoms with van der Waals surface area (Å²) < 4.78 is 6.32. The van der Waals surface area contributed by atoms with Crippen LogP contribution in [0.4, 0.5) is 0 Å². The van der Waals surface area contributed by atoms with E-state index in [0.717, 1.165) is 24.5 Å². The number of rotatable bonds is 0. The van der Waals surface area contributed by atoms with E-state index in [2.05, 4.69) is 19.1 Å². The van der Waals surface area contributed by atoms with Crippen molar-refractivity contribution in [1.82, 2.24) is 0 Å². The van der Waals surface area contributed by atoms with Gasteiger partial charge in [0.1, 0.15) is 11.4 Å². The third-order valence-electron chi connectivity index (χ3n) is 4.29. The first-order valence-corrected chi connectivity index (χ1v) is 6.72. The Labute approximate surface area is 103 Å². The smallest absolute Gasteiger partial charge is 0.124 e. The zero-order valence-corrected chi connectivity index (χ0v) is 10.5. The molecular weight excluding hydrogens is 210 g/mol. The van der Waals surface area contributed by atoms with Crippen LogP contribution in [0.15, 0.2) is 24.3 Å². The molecule has 1 aromatic rings. The zero-order chi connectivity index (χ0) is 11.9. The van der Waals surface area contributed by atoms with E-state index in [0.29, 0.717) is 0 Å².